The van der Waals surface area contributed by atoms with Gasteiger partial charge in [-0.05, 0) is 60.0 Å². The van der Waals surface area contributed by atoms with Gasteiger partial charge in [-0.2, -0.15) is 0 Å². The van der Waals surface area contributed by atoms with Crippen LogP contribution in [0.3, 0.4) is 0 Å². The van der Waals surface area contributed by atoms with Gasteiger partial charge in [0.05, 0.1) is 5.69 Å². The van der Waals surface area contributed by atoms with Crippen LogP contribution in [0.25, 0.3) is 11.6 Å². The molecule has 0 radical (unpaired) electrons. The van der Waals surface area contributed by atoms with Crippen LogP contribution in [-0.2, 0) is 0 Å². The van der Waals surface area contributed by atoms with E-state index in [4.69, 9.17) is 0 Å². The molecule has 0 saturated heterocycles. The molecular weight excluding hydrogens is 344 g/mol. The molecule has 0 fully saturated rings. The zero-order valence-electron chi connectivity index (χ0n) is 15.6. The van der Waals surface area contributed by atoms with Crippen LogP contribution in [0.2, 0.25) is 0 Å². The standard InChI is InChI=1S/C25H20N2O/c1-18-17-21-12-7-8-15-26(21)23(18)24-22-13-6-5-9-19(22)14-16-27(24)25(28)20-10-3-2-4-11-20/h2-17,24H,1H3. The number of fused-ring (bicyclic) bond motifs is 2. The number of pyridine rings is 1. The Kier molecular flexibility index (Phi) is 3.87. The lowest BCUT2D eigenvalue weighted by molar-refractivity contribution is 0.0784. The molecule has 1 amide bonds. The van der Waals surface area contributed by atoms with Gasteiger partial charge in [0, 0.05) is 23.5 Å². The Balaban J connectivity index is 1.73. The minimum atomic E-state index is -0.182. The first-order valence-electron chi connectivity index (χ1n) is 9.45. The van der Waals surface area contributed by atoms with Crippen molar-refractivity contribution in [2.24, 2.45) is 0 Å². The van der Waals surface area contributed by atoms with E-state index in [-0.39, 0.29) is 11.9 Å². The Hall–Kier alpha value is -3.59. The second kappa shape index (κ2) is 6.54. The normalized spacial score (nSPS) is 15.6. The Morgan fingerprint density at radius 3 is 2.50 bits per heavy atom. The first-order chi connectivity index (χ1) is 13.7. The molecule has 2 aromatic heterocycles. The summed E-state index contributed by atoms with van der Waals surface area (Å²) in [5, 5.41) is 0. The smallest absolute Gasteiger partial charge is 0.258 e. The minimum Gasteiger partial charge on any atom is -0.318 e. The van der Waals surface area contributed by atoms with E-state index in [1.165, 1.54) is 5.56 Å². The second-order valence-corrected chi connectivity index (χ2v) is 7.13. The maximum Gasteiger partial charge on any atom is 0.258 e. The predicted molar refractivity (Wildman–Crippen MR) is 112 cm³/mol. The number of aromatic nitrogens is 1. The monoisotopic (exact) mass is 364 g/mol. The first kappa shape index (κ1) is 16.6. The van der Waals surface area contributed by atoms with Gasteiger partial charge in [0.2, 0.25) is 0 Å². The number of amides is 1. The Labute approximate surface area is 164 Å². The zero-order chi connectivity index (χ0) is 19.1. The van der Waals surface area contributed by atoms with E-state index in [2.05, 4.69) is 41.8 Å². The van der Waals surface area contributed by atoms with Gasteiger partial charge < -0.3 is 9.30 Å². The molecular formula is C25H20N2O. The summed E-state index contributed by atoms with van der Waals surface area (Å²) in [5.41, 5.74) is 6.41. The summed E-state index contributed by atoms with van der Waals surface area (Å²) in [6.07, 6.45) is 6.02. The number of rotatable bonds is 2. The quantitative estimate of drug-likeness (QED) is 0.463. The second-order valence-electron chi connectivity index (χ2n) is 7.13. The summed E-state index contributed by atoms with van der Waals surface area (Å²) in [5.74, 6) is 0.00151. The molecule has 5 rings (SSSR count). The Bertz CT molecular complexity index is 1200. The summed E-state index contributed by atoms with van der Waals surface area (Å²) >= 11 is 0. The molecule has 1 aliphatic rings. The maximum absolute atomic E-state index is 13.4. The van der Waals surface area contributed by atoms with Gasteiger partial charge in [0.15, 0.2) is 0 Å². The fraction of sp³-hybridized carbons (Fsp3) is 0.0800. The topological polar surface area (TPSA) is 24.7 Å². The number of carbonyl (C=O) groups is 1. The van der Waals surface area contributed by atoms with E-state index in [1.807, 2.05) is 71.8 Å². The van der Waals surface area contributed by atoms with Gasteiger partial charge in [0.1, 0.15) is 6.04 Å². The van der Waals surface area contributed by atoms with E-state index in [9.17, 15) is 4.79 Å². The van der Waals surface area contributed by atoms with Crippen molar-refractivity contribution in [3.63, 3.8) is 0 Å². The van der Waals surface area contributed by atoms with Gasteiger partial charge in [-0.25, -0.2) is 0 Å². The lowest BCUT2D eigenvalue weighted by Crippen LogP contribution is -2.34. The van der Waals surface area contributed by atoms with Crippen molar-refractivity contribution in [1.29, 1.82) is 0 Å². The van der Waals surface area contributed by atoms with E-state index >= 15 is 0 Å². The van der Waals surface area contributed by atoms with Gasteiger partial charge >= 0.3 is 0 Å². The van der Waals surface area contributed by atoms with Crippen LogP contribution < -0.4 is 0 Å². The van der Waals surface area contributed by atoms with Crippen molar-refractivity contribution in [2.45, 2.75) is 13.0 Å². The van der Waals surface area contributed by atoms with Crippen molar-refractivity contribution >= 4 is 17.5 Å². The highest BCUT2D eigenvalue weighted by Crippen LogP contribution is 2.38. The number of carbonyl (C=O) groups excluding carboxylic acids is 1. The lowest BCUT2D eigenvalue weighted by Gasteiger charge is -2.34. The van der Waals surface area contributed by atoms with Gasteiger partial charge in [-0.1, -0.05) is 48.5 Å². The molecule has 4 aromatic rings. The van der Waals surface area contributed by atoms with Crippen molar-refractivity contribution < 1.29 is 4.79 Å². The van der Waals surface area contributed by atoms with Crippen LogP contribution in [-0.4, -0.2) is 15.2 Å². The van der Waals surface area contributed by atoms with Crippen LogP contribution in [0, 0.1) is 6.92 Å². The highest BCUT2D eigenvalue weighted by atomic mass is 16.2. The van der Waals surface area contributed by atoms with Crippen molar-refractivity contribution in [3.8, 4) is 0 Å². The molecule has 28 heavy (non-hydrogen) atoms. The van der Waals surface area contributed by atoms with Crippen LogP contribution in [0.4, 0.5) is 0 Å². The van der Waals surface area contributed by atoms with E-state index in [0.717, 1.165) is 22.3 Å². The van der Waals surface area contributed by atoms with Crippen LogP contribution in [0.15, 0.2) is 91.3 Å². The van der Waals surface area contributed by atoms with Crippen LogP contribution in [0.5, 0.6) is 0 Å². The highest BCUT2D eigenvalue weighted by molar-refractivity contribution is 5.96. The Morgan fingerprint density at radius 1 is 0.893 bits per heavy atom. The first-order valence-corrected chi connectivity index (χ1v) is 9.45. The minimum absolute atomic E-state index is 0.00151. The number of aryl methyl sites for hydroxylation is 1. The lowest BCUT2D eigenvalue weighted by atomic mass is 9.92. The van der Waals surface area contributed by atoms with Gasteiger partial charge in [-0.15, -0.1) is 0 Å². The molecule has 0 saturated carbocycles. The third kappa shape index (κ3) is 2.55. The summed E-state index contributed by atoms with van der Waals surface area (Å²) < 4.78 is 2.20. The van der Waals surface area contributed by atoms with Crippen molar-refractivity contribution in [3.05, 3.63) is 119 Å². The third-order valence-corrected chi connectivity index (χ3v) is 5.42. The van der Waals surface area contributed by atoms with Crippen molar-refractivity contribution in [1.82, 2.24) is 9.30 Å². The van der Waals surface area contributed by atoms with Gasteiger partial charge in [-0.3, -0.25) is 4.79 Å². The molecule has 0 aliphatic carbocycles. The largest absolute Gasteiger partial charge is 0.318 e. The average molecular weight is 364 g/mol. The van der Waals surface area contributed by atoms with E-state index < -0.39 is 0 Å². The maximum atomic E-state index is 13.4. The third-order valence-electron chi connectivity index (χ3n) is 5.42. The number of hydrogen-bond acceptors (Lipinski definition) is 1. The molecule has 3 heterocycles. The van der Waals surface area contributed by atoms with E-state index in [1.54, 1.807) is 0 Å². The molecule has 0 N–H and O–H groups in total. The molecule has 1 atom stereocenters. The summed E-state index contributed by atoms with van der Waals surface area (Å²) in [7, 11) is 0. The number of hydrogen-bond donors (Lipinski definition) is 0. The van der Waals surface area contributed by atoms with Gasteiger partial charge in [0.25, 0.3) is 5.91 Å². The molecule has 3 heteroatoms. The van der Waals surface area contributed by atoms with Crippen LogP contribution in [0.1, 0.15) is 38.8 Å². The molecule has 136 valence electrons. The van der Waals surface area contributed by atoms with Crippen LogP contribution >= 0.6 is 0 Å². The summed E-state index contributed by atoms with van der Waals surface area (Å²) in [4.78, 5) is 15.3. The highest BCUT2D eigenvalue weighted by Gasteiger charge is 2.32. The molecule has 0 bridgehead atoms. The number of nitrogens with zero attached hydrogens (tertiary/aromatic N) is 2. The Morgan fingerprint density at radius 2 is 1.64 bits per heavy atom. The SMILES string of the molecule is Cc1cc2ccccn2c1C1c2ccccc2C=CN1C(=O)c1ccccc1. The predicted octanol–water partition coefficient (Wildman–Crippen LogP) is 5.46. The molecule has 2 aromatic carbocycles. The zero-order valence-corrected chi connectivity index (χ0v) is 15.6. The summed E-state index contributed by atoms with van der Waals surface area (Å²) in [6, 6.07) is 26.0. The fourth-order valence-electron chi connectivity index (χ4n) is 4.13. The fourth-order valence-corrected chi connectivity index (χ4v) is 4.13. The van der Waals surface area contributed by atoms with Crippen molar-refractivity contribution in [2.75, 3.05) is 0 Å². The van der Waals surface area contributed by atoms with E-state index in [0.29, 0.717) is 5.56 Å². The average Bonchev–Trinajstić information content (AvgIpc) is 3.08. The number of benzene rings is 2. The molecule has 1 aliphatic heterocycles. The molecule has 0 spiro atoms. The molecule has 1 unspecified atom stereocenters. The summed E-state index contributed by atoms with van der Waals surface area (Å²) in [6.45, 7) is 2.12. The molecule has 3 nitrogen and oxygen atoms in total.